The van der Waals surface area contributed by atoms with Crippen molar-refractivity contribution in [3.05, 3.63) is 56.2 Å². The number of methoxy groups -OCH3 is 1. The Kier molecular flexibility index (Phi) is 6.44. The van der Waals surface area contributed by atoms with Crippen LogP contribution < -0.4 is 19.6 Å². The van der Waals surface area contributed by atoms with Gasteiger partial charge in [0.05, 0.1) is 23.1 Å². The van der Waals surface area contributed by atoms with Crippen molar-refractivity contribution in [3.8, 4) is 22.2 Å². The molecule has 30 heavy (non-hydrogen) atoms. The van der Waals surface area contributed by atoms with Gasteiger partial charge in [-0.25, -0.2) is 0 Å². The zero-order chi connectivity index (χ0) is 20.9. The Bertz CT molecular complexity index is 1230. The van der Waals surface area contributed by atoms with E-state index in [-0.39, 0.29) is 5.56 Å². The van der Waals surface area contributed by atoms with Crippen LogP contribution in [0.4, 0.5) is 0 Å². The number of aromatic nitrogens is 3. The van der Waals surface area contributed by atoms with Crippen molar-refractivity contribution in [3.63, 3.8) is 0 Å². The van der Waals surface area contributed by atoms with Gasteiger partial charge in [0, 0.05) is 0 Å². The first kappa shape index (κ1) is 20.6. The summed E-state index contributed by atoms with van der Waals surface area (Å²) < 4.78 is 13.3. The zero-order valence-corrected chi connectivity index (χ0v) is 18.6. The molecule has 0 atom stereocenters. The monoisotopic (exact) mass is 441 g/mol. The van der Waals surface area contributed by atoms with Crippen LogP contribution in [0.1, 0.15) is 38.2 Å². The Balaban J connectivity index is 1.56. The first-order valence-corrected chi connectivity index (χ1v) is 11.6. The number of fused-ring (bicyclic) bond motifs is 1. The van der Waals surface area contributed by atoms with E-state index in [4.69, 9.17) is 9.47 Å². The van der Waals surface area contributed by atoms with Crippen LogP contribution in [0.5, 0.6) is 11.5 Å². The fourth-order valence-corrected chi connectivity index (χ4v) is 4.66. The van der Waals surface area contributed by atoms with E-state index in [1.807, 2.05) is 41.8 Å². The number of unbranched alkanes of at least 4 members (excludes halogenated alkanes) is 3. The number of hydrogen-bond donors (Lipinski definition) is 0. The van der Waals surface area contributed by atoms with E-state index in [1.165, 1.54) is 35.1 Å². The first-order chi connectivity index (χ1) is 14.7. The maximum atomic E-state index is 12.8. The third-order valence-electron chi connectivity index (χ3n) is 4.66. The van der Waals surface area contributed by atoms with Crippen LogP contribution in [-0.2, 0) is 0 Å². The lowest BCUT2D eigenvalue weighted by molar-refractivity contribution is 0.285. The minimum atomic E-state index is -0.166. The number of rotatable bonds is 9. The number of nitrogens with zero attached hydrogens (tertiary/aromatic N) is 3. The highest BCUT2D eigenvalue weighted by atomic mass is 32.1. The van der Waals surface area contributed by atoms with Crippen LogP contribution in [0.25, 0.3) is 21.7 Å². The summed E-state index contributed by atoms with van der Waals surface area (Å²) in [4.78, 5) is 18.8. The molecule has 0 radical (unpaired) electrons. The van der Waals surface area contributed by atoms with E-state index < -0.39 is 0 Å². The Hall–Kier alpha value is -2.71. The van der Waals surface area contributed by atoms with Gasteiger partial charge < -0.3 is 9.47 Å². The first-order valence-electron chi connectivity index (χ1n) is 9.95. The minimum absolute atomic E-state index is 0.166. The third kappa shape index (κ3) is 4.39. The quantitative estimate of drug-likeness (QED) is 0.360. The van der Waals surface area contributed by atoms with E-state index in [1.54, 1.807) is 18.4 Å². The van der Waals surface area contributed by atoms with Gasteiger partial charge in [-0.1, -0.05) is 49.7 Å². The van der Waals surface area contributed by atoms with Crippen molar-refractivity contribution in [1.29, 1.82) is 0 Å². The SMILES string of the molecule is CCCCCCOc1ccc(/C=c2/sc3nc(-c4cccs4)nn3c2=O)cc1OC. The van der Waals surface area contributed by atoms with Gasteiger partial charge in [-0.2, -0.15) is 9.50 Å². The number of hydrogen-bond acceptors (Lipinski definition) is 7. The number of thiophene rings is 1. The third-order valence-corrected chi connectivity index (χ3v) is 6.49. The van der Waals surface area contributed by atoms with E-state index in [9.17, 15) is 4.79 Å². The molecule has 0 amide bonds. The lowest BCUT2D eigenvalue weighted by atomic mass is 10.2. The summed E-state index contributed by atoms with van der Waals surface area (Å²) in [5.74, 6) is 1.96. The summed E-state index contributed by atoms with van der Waals surface area (Å²) in [6, 6.07) is 9.59. The Labute approximate surface area is 182 Å². The van der Waals surface area contributed by atoms with Crippen molar-refractivity contribution in [2.24, 2.45) is 0 Å². The van der Waals surface area contributed by atoms with Crippen LogP contribution in [0.2, 0.25) is 0 Å². The molecule has 0 saturated carbocycles. The average molecular weight is 442 g/mol. The molecule has 1 aromatic carbocycles. The minimum Gasteiger partial charge on any atom is -0.493 e. The molecule has 0 bridgehead atoms. The van der Waals surface area contributed by atoms with Gasteiger partial charge in [0.25, 0.3) is 5.56 Å². The maximum absolute atomic E-state index is 12.8. The molecule has 0 saturated heterocycles. The highest BCUT2D eigenvalue weighted by Gasteiger charge is 2.13. The molecular formula is C22H23N3O3S2. The lowest BCUT2D eigenvalue weighted by Gasteiger charge is -2.11. The molecule has 4 rings (SSSR count). The average Bonchev–Trinajstić information content (AvgIpc) is 3.48. The second-order valence-electron chi connectivity index (χ2n) is 6.84. The predicted molar refractivity (Wildman–Crippen MR) is 122 cm³/mol. The molecule has 0 aliphatic rings. The van der Waals surface area contributed by atoms with Crippen LogP contribution in [-0.4, -0.2) is 28.3 Å². The van der Waals surface area contributed by atoms with Gasteiger partial charge in [0.15, 0.2) is 17.3 Å². The van der Waals surface area contributed by atoms with Gasteiger partial charge >= 0.3 is 0 Å². The Morgan fingerprint density at radius 3 is 2.80 bits per heavy atom. The smallest absolute Gasteiger partial charge is 0.291 e. The van der Waals surface area contributed by atoms with Crippen molar-refractivity contribution in [2.45, 2.75) is 32.6 Å². The lowest BCUT2D eigenvalue weighted by Crippen LogP contribution is -2.23. The van der Waals surface area contributed by atoms with Crippen LogP contribution in [0.3, 0.4) is 0 Å². The highest BCUT2D eigenvalue weighted by molar-refractivity contribution is 7.15. The molecule has 156 valence electrons. The Morgan fingerprint density at radius 1 is 1.17 bits per heavy atom. The van der Waals surface area contributed by atoms with E-state index in [0.29, 0.717) is 27.7 Å². The van der Waals surface area contributed by atoms with Gasteiger partial charge in [-0.15, -0.1) is 16.4 Å². The molecule has 0 N–H and O–H groups in total. The number of benzene rings is 1. The summed E-state index contributed by atoms with van der Waals surface area (Å²) in [7, 11) is 1.62. The summed E-state index contributed by atoms with van der Waals surface area (Å²) in [6.45, 7) is 2.86. The number of thiazole rings is 1. The summed E-state index contributed by atoms with van der Waals surface area (Å²) in [5, 5.41) is 6.33. The fraction of sp³-hybridized carbons (Fsp3) is 0.318. The van der Waals surface area contributed by atoms with E-state index in [2.05, 4.69) is 17.0 Å². The molecule has 0 spiro atoms. The molecule has 3 heterocycles. The normalized spacial score (nSPS) is 12.0. The van der Waals surface area contributed by atoms with Crippen molar-refractivity contribution < 1.29 is 9.47 Å². The molecular weight excluding hydrogens is 418 g/mol. The second kappa shape index (κ2) is 9.40. The van der Waals surface area contributed by atoms with E-state index >= 15 is 0 Å². The van der Waals surface area contributed by atoms with Gasteiger partial charge in [-0.05, 0) is 41.6 Å². The molecule has 0 fully saturated rings. The summed E-state index contributed by atoms with van der Waals surface area (Å²) >= 11 is 2.88. The standard InChI is InChI=1S/C22H23N3O3S2/c1-3-4-5-6-11-28-16-10-9-15(13-17(16)27-2)14-19-21(26)25-22(30-19)23-20(24-25)18-8-7-12-29-18/h7-10,12-14H,3-6,11H2,1-2H3/b19-14+. The fourth-order valence-electron chi connectivity index (χ4n) is 3.10. The molecule has 0 aliphatic carbocycles. The Morgan fingerprint density at radius 2 is 2.07 bits per heavy atom. The van der Waals surface area contributed by atoms with Crippen LogP contribution >= 0.6 is 22.7 Å². The molecule has 4 aromatic rings. The molecule has 3 aromatic heterocycles. The zero-order valence-electron chi connectivity index (χ0n) is 17.0. The van der Waals surface area contributed by atoms with Crippen LogP contribution in [0, 0.1) is 0 Å². The van der Waals surface area contributed by atoms with Crippen molar-refractivity contribution in [1.82, 2.24) is 14.6 Å². The molecule has 8 heteroatoms. The van der Waals surface area contributed by atoms with Crippen molar-refractivity contribution in [2.75, 3.05) is 13.7 Å². The predicted octanol–water partition coefficient (Wildman–Crippen LogP) is 4.39. The topological polar surface area (TPSA) is 65.7 Å². The van der Waals surface area contributed by atoms with Crippen LogP contribution in [0.15, 0.2) is 40.5 Å². The molecule has 6 nitrogen and oxygen atoms in total. The summed E-state index contributed by atoms with van der Waals surface area (Å²) in [5.41, 5.74) is 0.700. The van der Waals surface area contributed by atoms with Gasteiger partial charge in [0.2, 0.25) is 4.96 Å². The van der Waals surface area contributed by atoms with E-state index in [0.717, 1.165) is 22.6 Å². The maximum Gasteiger partial charge on any atom is 0.291 e. The number of ether oxygens (including phenoxy) is 2. The highest BCUT2D eigenvalue weighted by Crippen LogP contribution is 2.28. The van der Waals surface area contributed by atoms with Crippen molar-refractivity contribution >= 4 is 33.7 Å². The molecule has 0 aliphatic heterocycles. The second-order valence-corrected chi connectivity index (χ2v) is 8.80. The largest absolute Gasteiger partial charge is 0.493 e. The van der Waals surface area contributed by atoms with Gasteiger partial charge in [0.1, 0.15) is 0 Å². The summed E-state index contributed by atoms with van der Waals surface area (Å²) in [6.07, 6.45) is 6.45. The molecule has 0 unspecified atom stereocenters. The van der Waals surface area contributed by atoms with Gasteiger partial charge in [-0.3, -0.25) is 4.79 Å².